The van der Waals surface area contributed by atoms with Crippen molar-refractivity contribution in [3.63, 3.8) is 0 Å². The molecule has 1 aliphatic heterocycles. The van der Waals surface area contributed by atoms with Crippen LogP contribution in [0.5, 0.6) is 0 Å². The Morgan fingerprint density at radius 1 is 1.38 bits per heavy atom. The second-order valence-electron chi connectivity index (χ2n) is 5.96. The predicted molar refractivity (Wildman–Crippen MR) is 104 cm³/mol. The van der Waals surface area contributed by atoms with Crippen LogP contribution in [0.3, 0.4) is 0 Å². The average Bonchev–Trinajstić information content (AvgIpc) is 2.57. The zero-order valence-electron chi connectivity index (χ0n) is 13.5. The largest absolute Gasteiger partial charge is 0.379 e. The van der Waals surface area contributed by atoms with Gasteiger partial charge in [0.05, 0.1) is 17.9 Å². The number of carbonyl (C=O) groups excluding carboxylic acids is 1. The molecule has 0 saturated carbocycles. The Labute approximate surface area is 161 Å². The van der Waals surface area contributed by atoms with E-state index in [4.69, 9.17) is 17.3 Å². The van der Waals surface area contributed by atoms with E-state index in [9.17, 15) is 9.18 Å². The Bertz CT molecular complexity index is 844. The Morgan fingerprint density at radius 2 is 2.15 bits per heavy atom. The summed E-state index contributed by atoms with van der Waals surface area (Å²) in [7, 11) is 0. The highest BCUT2D eigenvalue weighted by Gasteiger charge is 2.32. The molecule has 2 N–H and O–H groups in total. The second kappa shape index (κ2) is 8.14. The lowest BCUT2D eigenvalue weighted by molar-refractivity contribution is 0.0987. The molecule has 1 aliphatic rings. The first-order chi connectivity index (χ1) is 11.9. The van der Waals surface area contributed by atoms with Gasteiger partial charge in [0.25, 0.3) is 0 Å². The zero-order chi connectivity index (χ0) is 18.0. The summed E-state index contributed by atoms with van der Waals surface area (Å²) >= 11 is 7.14. The van der Waals surface area contributed by atoms with Gasteiger partial charge in [-0.3, -0.25) is 9.79 Å². The fourth-order valence-electron chi connectivity index (χ4n) is 2.71. The summed E-state index contributed by atoms with van der Waals surface area (Å²) in [4.78, 5) is 24.6. The number of amidine groups is 1. The molecule has 26 heavy (non-hydrogen) atoms. The highest BCUT2D eigenvalue weighted by atomic mass is 35.5. The van der Waals surface area contributed by atoms with Crippen molar-refractivity contribution in [2.75, 3.05) is 5.75 Å². The molecule has 2 aromatic rings. The van der Waals surface area contributed by atoms with Crippen LogP contribution in [-0.4, -0.2) is 26.7 Å². The van der Waals surface area contributed by atoms with Crippen molar-refractivity contribution >= 4 is 34.3 Å². The van der Waals surface area contributed by atoms with E-state index in [1.807, 2.05) is 6.92 Å². The van der Waals surface area contributed by atoms with Crippen LogP contribution in [0.4, 0.5) is 4.39 Å². The van der Waals surface area contributed by atoms with Crippen molar-refractivity contribution < 1.29 is 9.18 Å². The Balaban J connectivity index is 0.00000243. The van der Waals surface area contributed by atoms with Gasteiger partial charge in [-0.15, -0.1) is 0 Å². The molecule has 0 unspecified atom stereocenters. The van der Waals surface area contributed by atoms with Crippen LogP contribution in [0.15, 0.2) is 35.6 Å². The molecule has 0 amide bonds. The third kappa shape index (κ3) is 4.40. The Kier molecular flexibility index (Phi) is 6.36. The molecule has 0 bridgehead atoms. The van der Waals surface area contributed by atoms with E-state index in [0.29, 0.717) is 22.7 Å². The molecule has 5 nitrogen and oxygen atoms in total. The zero-order valence-corrected chi connectivity index (χ0v) is 15.1. The van der Waals surface area contributed by atoms with Crippen molar-refractivity contribution in [1.29, 1.82) is 0 Å². The lowest BCUT2D eigenvalue weighted by atomic mass is 9.87. The summed E-state index contributed by atoms with van der Waals surface area (Å²) in [6, 6.07) is 4.64. The molecule has 0 aliphatic carbocycles. The number of halogens is 2. The van der Waals surface area contributed by atoms with Crippen molar-refractivity contribution in [3.8, 4) is 0 Å². The Morgan fingerprint density at radius 3 is 2.81 bits per heavy atom. The lowest BCUT2D eigenvalue weighted by Gasteiger charge is -2.30. The van der Waals surface area contributed by atoms with Gasteiger partial charge in [0.2, 0.25) is 0 Å². The molecule has 3 rings (SSSR count). The fraction of sp³-hybridized carbons (Fsp3) is 0.333. The molecular formula is C18H20ClFN4OS. The van der Waals surface area contributed by atoms with Gasteiger partial charge in [0, 0.05) is 17.7 Å². The minimum atomic E-state index is -0.724. The van der Waals surface area contributed by atoms with Crippen LogP contribution in [-0.2, 0) is 12.0 Å². The van der Waals surface area contributed by atoms with Crippen LogP contribution >= 0.6 is 23.4 Å². The number of carbonyl (C=O) groups is 1. The van der Waals surface area contributed by atoms with Crippen molar-refractivity contribution in [2.24, 2.45) is 10.7 Å². The molecule has 0 saturated heterocycles. The van der Waals surface area contributed by atoms with Crippen LogP contribution in [0.25, 0.3) is 0 Å². The maximum atomic E-state index is 14.4. The van der Waals surface area contributed by atoms with E-state index in [1.54, 1.807) is 12.1 Å². The number of nitrogens with zero attached hydrogens (tertiary/aromatic N) is 3. The van der Waals surface area contributed by atoms with E-state index < -0.39 is 5.54 Å². The smallest absolute Gasteiger partial charge is 0.187 e. The summed E-state index contributed by atoms with van der Waals surface area (Å²) in [5.41, 5.74) is 6.45. The maximum Gasteiger partial charge on any atom is 0.187 e. The van der Waals surface area contributed by atoms with E-state index in [0.717, 1.165) is 5.75 Å². The summed E-state index contributed by atoms with van der Waals surface area (Å²) < 4.78 is 14.4. The van der Waals surface area contributed by atoms with Gasteiger partial charge in [-0.25, -0.2) is 14.4 Å². The number of rotatable bonds is 4. The highest BCUT2D eigenvalue weighted by Crippen LogP contribution is 2.36. The molecule has 1 atom stereocenters. The molecule has 1 aromatic carbocycles. The Hall–Kier alpha value is -1.99. The van der Waals surface area contributed by atoms with Gasteiger partial charge >= 0.3 is 0 Å². The summed E-state index contributed by atoms with van der Waals surface area (Å²) in [5.74, 6) is 0.206. The normalized spacial score (nSPS) is 19.4. The van der Waals surface area contributed by atoms with E-state index in [1.165, 1.54) is 30.2 Å². The number of hydrogen-bond acceptors (Lipinski definition) is 6. The predicted octanol–water partition coefficient (Wildman–Crippen LogP) is 4.00. The minimum absolute atomic E-state index is 0. The SMILES string of the molecule is C.C[C@@]1(c2cc(CC(=O)c3cnc(Cl)cn3)ccc2F)CCSC(N)=N1. The number of nitrogens with two attached hydrogens (primary N) is 1. The first-order valence-corrected chi connectivity index (χ1v) is 9.01. The molecule has 0 spiro atoms. The van der Waals surface area contributed by atoms with Crippen LogP contribution < -0.4 is 5.73 Å². The van der Waals surface area contributed by atoms with Crippen LogP contribution in [0, 0.1) is 5.82 Å². The topological polar surface area (TPSA) is 81.2 Å². The maximum absolute atomic E-state index is 14.4. The van der Waals surface area contributed by atoms with Gasteiger partial charge in [-0.05, 0) is 31.0 Å². The lowest BCUT2D eigenvalue weighted by Crippen LogP contribution is -2.29. The van der Waals surface area contributed by atoms with Gasteiger partial charge in [-0.2, -0.15) is 0 Å². The van der Waals surface area contributed by atoms with Gasteiger partial charge < -0.3 is 5.73 Å². The summed E-state index contributed by atoms with van der Waals surface area (Å²) in [6.07, 6.45) is 3.42. The fourth-order valence-corrected chi connectivity index (χ4v) is 3.78. The molecular weight excluding hydrogens is 375 g/mol. The average molecular weight is 395 g/mol. The minimum Gasteiger partial charge on any atom is -0.379 e. The van der Waals surface area contributed by atoms with Crippen LogP contribution in [0.2, 0.25) is 5.15 Å². The quantitative estimate of drug-likeness (QED) is 0.792. The van der Waals surface area contributed by atoms with Gasteiger partial charge in [0.15, 0.2) is 11.0 Å². The molecule has 138 valence electrons. The number of Topliss-reactive ketones (excluding diaryl/α,β-unsaturated/α-hetero) is 1. The van der Waals surface area contributed by atoms with Crippen molar-refractivity contribution in [1.82, 2.24) is 9.97 Å². The number of ketones is 1. The number of thioether (sulfide) groups is 1. The second-order valence-corrected chi connectivity index (χ2v) is 7.46. The van der Waals surface area contributed by atoms with E-state index >= 15 is 0 Å². The third-order valence-electron chi connectivity index (χ3n) is 4.08. The number of hydrogen-bond donors (Lipinski definition) is 1. The van der Waals surface area contributed by atoms with E-state index in [-0.39, 0.29) is 36.3 Å². The summed E-state index contributed by atoms with van der Waals surface area (Å²) in [6.45, 7) is 1.86. The van der Waals surface area contributed by atoms with Gasteiger partial charge in [0.1, 0.15) is 16.7 Å². The van der Waals surface area contributed by atoms with E-state index in [2.05, 4.69) is 15.0 Å². The highest BCUT2D eigenvalue weighted by molar-refractivity contribution is 8.13. The molecule has 1 aromatic heterocycles. The van der Waals surface area contributed by atoms with Crippen LogP contribution in [0.1, 0.15) is 42.4 Å². The first-order valence-electron chi connectivity index (χ1n) is 7.65. The molecule has 0 radical (unpaired) electrons. The molecule has 2 heterocycles. The van der Waals surface area contributed by atoms with Crippen molar-refractivity contribution in [3.05, 3.63) is 58.4 Å². The third-order valence-corrected chi connectivity index (χ3v) is 5.07. The van der Waals surface area contributed by atoms with Crippen molar-refractivity contribution in [2.45, 2.75) is 32.7 Å². The molecule has 0 fully saturated rings. The monoisotopic (exact) mass is 394 g/mol. The van der Waals surface area contributed by atoms with Gasteiger partial charge in [-0.1, -0.05) is 36.9 Å². The first kappa shape index (κ1) is 20.3. The number of benzene rings is 1. The standard InChI is InChI=1S/C17H16ClFN4OS.CH4/c1-17(4-5-25-16(20)23-17)11-6-10(2-3-12(11)19)7-14(24)13-8-22-15(18)9-21-13;/h2-3,6,8-9H,4-5,7H2,1H3,(H2,20,23);1H4/t17-;/m0./s1. The number of aliphatic imine (C=N–C) groups is 1. The molecule has 8 heteroatoms. The number of aromatic nitrogens is 2. The summed E-state index contributed by atoms with van der Waals surface area (Å²) in [5, 5.41) is 0.672.